The van der Waals surface area contributed by atoms with Gasteiger partial charge >= 0.3 is 0 Å². The highest BCUT2D eigenvalue weighted by atomic mass is 32.2. The summed E-state index contributed by atoms with van der Waals surface area (Å²) in [4.78, 5) is 3.39. The van der Waals surface area contributed by atoms with Crippen molar-refractivity contribution >= 4 is 33.6 Å². The Balaban J connectivity index is 0.000000188. The molecular formula is C22H22N2O3S2. The summed E-state index contributed by atoms with van der Waals surface area (Å²) in [6.07, 6.45) is 4.30. The number of para-hydroxylation sites is 1. The van der Waals surface area contributed by atoms with E-state index in [1.165, 1.54) is 33.4 Å². The van der Waals surface area contributed by atoms with Crippen LogP contribution < -0.4 is 9.47 Å². The molecule has 0 bridgehead atoms. The van der Waals surface area contributed by atoms with Crippen molar-refractivity contribution in [3.63, 3.8) is 0 Å². The van der Waals surface area contributed by atoms with E-state index >= 15 is 0 Å². The van der Waals surface area contributed by atoms with E-state index in [4.69, 9.17) is 0 Å². The number of rotatable bonds is 2. The van der Waals surface area contributed by atoms with Crippen molar-refractivity contribution in [3.8, 4) is 0 Å². The predicted molar refractivity (Wildman–Crippen MR) is 115 cm³/mol. The number of fused-ring (bicyclic) bond motifs is 1. The first-order valence-corrected chi connectivity index (χ1v) is 11.2. The van der Waals surface area contributed by atoms with Gasteiger partial charge in [0.2, 0.25) is 5.69 Å². The summed E-state index contributed by atoms with van der Waals surface area (Å²) >= 11 is 1.82. The van der Waals surface area contributed by atoms with Gasteiger partial charge in [-0.2, -0.15) is 0 Å². The van der Waals surface area contributed by atoms with Crippen LogP contribution in [0, 0.1) is 6.92 Å². The van der Waals surface area contributed by atoms with E-state index in [1.54, 1.807) is 12.1 Å². The zero-order valence-corrected chi connectivity index (χ0v) is 18.1. The van der Waals surface area contributed by atoms with Gasteiger partial charge in [-0.1, -0.05) is 41.6 Å². The zero-order chi connectivity index (χ0) is 21.0. The maximum atomic E-state index is 10.4. The highest BCUT2D eigenvalue weighted by Crippen LogP contribution is 2.45. The van der Waals surface area contributed by atoms with Crippen LogP contribution >= 0.6 is 11.8 Å². The van der Waals surface area contributed by atoms with Gasteiger partial charge in [0.15, 0.2) is 6.20 Å². The van der Waals surface area contributed by atoms with Crippen molar-refractivity contribution in [1.82, 2.24) is 0 Å². The van der Waals surface area contributed by atoms with E-state index in [2.05, 4.69) is 72.2 Å². The van der Waals surface area contributed by atoms with Crippen molar-refractivity contribution in [2.75, 3.05) is 11.9 Å². The molecule has 0 radical (unpaired) electrons. The summed E-state index contributed by atoms with van der Waals surface area (Å²) in [5.74, 6) is 0. The molecule has 0 atom stereocenters. The lowest BCUT2D eigenvalue weighted by atomic mass is 10.2. The molecule has 0 N–H and O–H groups in total. The summed E-state index contributed by atoms with van der Waals surface area (Å²) < 4.78 is 33.3. The van der Waals surface area contributed by atoms with Gasteiger partial charge in [-0.05, 0) is 37.3 Å². The standard InChI is InChI=1S/C15H15N2S.C7H8O3S/c1-16-10-6-5-7-12(16)11-15-17(2)13-8-3-4-9-14(13)18-15;1-6-2-4-7(5-3-6)11(8,9)10/h3-11H,1-2H3;2-5H,1H3,(H,8,9,10)/q+1;/p-1. The lowest BCUT2D eigenvalue weighted by Crippen LogP contribution is -2.31. The van der Waals surface area contributed by atoms with Crippen molar-refractivity contribution in [2.24, 2.45) is 7.05 Å². The first kappa shape index (κ1) is 21.1. The highest BCUT2D eigenvalue weighted by Gasteiger charge is 2.22. The number of anilines is 1. The summed E-state index contributed by atoms with van der Waals surface area (Å²) in [5.41, 5.74) is 3.42. The van der Waals surface area contributed by atoms with Gasteiger partial charge in [-0.25, -0.2) is 13.0 Å². The number of hydrogen-bond acceptors (Lipinski definition) is 5. The predicted octanol–water partition coefficient (Wildman–Crippen LogP) is 3.95. The Bertz CT molecular complexity index is 1140. The molecule has 150 valence electrons. The monoisotopic (exact) mass is 426 g/mol. The molecule has 1 aliphatic heterocycles. The largest absolute Gasteiger partial charge is 0.744 e. The van der Waals surface area contributed by atoms with E-state index < -0.39 is 10.1 Å². The smallest absolute Gasteiger partial charge is 0.207 e. The Morgan fingerprint density at radius 2 is 1.66 bits per heavy atom. The van der Waals surface area contributed by atoms with Crippen LogP contribution in [0.15, 0.2) is 87.7 Å². The maximum Gasteiger partial charge on any atom is 0.207 e. The molecule has 5 nitrogen and oxygen atoms in total. The Morgan fingerprint density at radius 1 is 1.00 bits per heavy atom. The second-order valence-corrected chi connectivity index (χ2v) is 9.06. The maximum absolute atomic E-state index is 10.4. The number of thioether (sulfide) groups is 1. The molecule has 0 saturated heterocycles. The van der Waals surface area contributed by atoms with E-state index in [9.17, 15) is 13.0 Å². The molecule has 2 aromatic carbocycles. The SMILES string of the molecule is CN1C(=Cc2cccc[n+]2C)Sc2ccccc21.Cc1ccc(S(=O)(=O)[O-])cc1. The molecule has 0 saturated carbocycles. The summed E-state index contributed by atoms with van der Waals surface area (Å²) in [5, 5.41) is 1.26. The van der Waals surface area contributed by atoms with Crippen LogP contribution in [0.1, 0.15) is 11.3 Å². The molecule has 1 aromatic heterocycles. The molecule has 2 heterocycles. The lowest BCUT2D eigenvalue weighted by Gasteiger charge is -2.12. The molecule has 0 spiro atoms. The number of benzene rings is 2. The number of aromatic nitrogens is 1. The average Bonchev–Trinajstić information content (AvgIpc) is 3.00. The fraction of sp³-hybridized carbons (Fsp3) is 0.136. The minimum absolute atomic E-state index is 0.178. The first-order chi connectivity index (χ1) is 13.8. The Kier molecular flexibility index (Phi) is 6.42. The number of nitrogens with zero attached hydrogens (tertiary/aromatic N) is 2. The van der Waals surface area contributed by atoms with Crippen LogP contribution in [0.3, 0.4) is 0 Å². The van der Waals surface area contributed by atoms with Gasteiger partial charge in [-0.3, -0.25) is 0 Å². The van der Waals surface area contributed by atoms with Crippen molar-refractivity contribution in [2.45, 2.75) is 16.7 Å². The molecule has 0 aliphatic carbocycles. The summed E-state index contributed by atoms with van der Waals surface area (Å²) in [6, 6.07) is 20.5. The molecule has 0 fully saturated rings. The van der Waals surface area contributed by atoms with Crippen LogP contribution in [0.2, 0.25) is 0 Å². The molecule has 4 rings (SSSR count). The van der Waals surface area contributed by atoms with Crippen molar-refractivity contribution < 1.29 is 17.5 Å². The van der Waals surface area contributed by atoms with Gasteiger partial charge < -0.3 is 9.45 Å². The number of pyridine rings is 1. The minimum Gasteiger partial charge on any atom is -0.744 e. The van der Waals surface area contributed by atoms with Crippen molar-refractivity contribution in [3.05, 3.63) is 89.2 Å². The van der Waals surface area contributed by atoms with E-state index in [1.807, 2.05) is 24.8 Å². The van der Waals surface area contributed by atoms with Crippen LogP contribution in [0.4, 0.5) is 5.69 Å². The summed E-state index contributed by atoms with van der Waals surface area (Å²) in [7, 11) is -0.0823. The van der Waals surface area contributed by atoms with Crippen LogP contribution in [-0.4, -0.2) is 20.0 Å². The normalized spacial score (nSPS) is 14.3. The molecule has 29 heavy (non-hydrogen) atoms. The molecule has 0 amide bonds. The first-order valence-electron chi connectivity index (χ1n) is 8.95. The minimum atomic E-state index is -4.27. The Morgan fingerprint density at radius 3 is 2.28 bits per heavy atom. The Labute approximate surface area is 176 Å². The van der Waals surface area contributed by atoms with Crippen LogP contribution in [0.5, 0.6) is 0 Å². The van der Waals surface area contributed by atoms with Gasteiger partial charge in [0.05, 0.1) is 15.6 Å². The molecular weight excluding hydrogens is 404 g/mol. The van der Waals surface area contributed by atoms with E-state index in [0.29, 0.717) is 0 Å². The number of aryl methyl sites for hydroxylation is 2. The van der Waals surface area contributed by atoms with Crippen molar-refractivity contribution in [1.29, 1.82) is 0 Å². The number of hydrogen-bond donors (Lipinski definition) is 0. The fourth-order valence-corrected chi connectivity index (χ4v) is 4.33. The highest BCUT2D eigenvalue weighted by molar-refractivity contribution is 8.03. The molecule has 1 aliphatic rings. The second kappa shape index (κ2) is 8.82. The van der Waals surface area contributed by atoms with Gasteiger partial charge in [0.1, 0.15) is 17.2 Å². The zero-order valence-electron chi connectivity index (χ0n) is 16.4. The molecule has 7 heteroatoms. The van der Waals surface area contributed by atoms with Gasteiger partial charge in [0.25, 0.3) is 0 Å². The van der Waals surface area contributed by atoms with Gasteiger partial charge in [0, 0.05) is 30.2 Å². The fourth-order valence-electron chi connectivity index (χ4n) is 2.76. The van der Waals surface area contributed by atoms with E-state index in [-0.39, 0.29) is 4.90 Å². The van der Waals surface area contributed by atoms with Crippen LogP contribution in [0.25, 0.3) is 6.08 Å². The van der Waals surface area contributed by atoms with Gasteiger partial charge in [-0.15, -0.1) is 0 Å². The Hall–Kier alpha value is -2.61. The second-order valence-electron chi connectivity index (χ2n) is 6.61. The third-order valence-electron chi connectivity index (χ3n) is 4.45. The summed E-state index contributed by atoms with van der Waals surface area (Å²) in [6.45, 7) is 1.82. The topological polar surface area (TPSA) is 64.3 Å². The third-order valence-corrected chi connectivity index (χ3v) is 6.46. The van der Waals surface area contributed by atoms with Crippen LogP contribution in [-0.2, 0) is 17.2 Å². The third kappa shape index (κ3) is 5.26. The van der Waals surface area contributed by atoms with E-state index in [0.717, 1.165) is 5.56 Å². The molecule has 3 aromatic rings. The molecule has 0 unspecified atom stereocenters. The average molecular weight is 427 g/mol. The lowest BCUT2D eigenvalue weighted by molar-refractivity contribution is -0.673. The quantitative estimate of drug-likeness (QED) is 0.459.